The molecule has 6 nitrogen and oxygen atoms in total. The van der Waals surface area contributed by atoms with Gasteiger partial charge in [-0.2, -0.15) is 0 Å². The Kier molecular flexibility index (Phi) is 7.19. The number of nitrogens with zero attached hydrogens (tertiary/aromatic N) is 1. The molecule has 1 aliphatic carbocycles. The molecule has 1 fully saturated rings. The molecule has 30 heavy (non-hydrogen) atoms. The number of methoxy groups -OCH3 is 1. The van der Waals surface area contributed by atoms with Crippen molar-refractivity contribution in [1.82, 2.24) is 9.88 Å². The normalized spacial score (nSPS) is 14.4. The summed E-state index contributed by atoms with van der Waals surface area (Å²) in [5.74, 6) is 0.337. The molecule has 1 aliphatic rings. The van der Waals surface area contributed by atoms with Gasteiger partial charge in [0.05, 0.1) is 25.8 Å². The number of amides is 1. The van der Waals surface area contributed by atoms with E-state index in [-0.39, 0.29) is 17.9 Å². The van der Waals surface area contributed by atoms with Gasteiger partial charge in [-0.15, -0.1) is 0 Å². The van der Waals surface area contributed by atoms with E-state index in [0.29, 0.717) is 30.0 Å². The average Bonchev–Trinajstić information content (AvgIpc) is 3.05. The lowest BCUT2D eigenvalue weighted by molar-refractivity contribution is 0.0524. The van der Waals surface area contributed by atoms with Crippen molar-refractivity contribution in [2.45, 2.75) is 65.5 Å². The molecule has 2 aromatic rings. The maximum Gasteiger partial charge on any atom is 0.340 e. The standard InChI is InChI=1S/C24H32N2O4/c1-5-30-24(28)22-16(2)21(25-17(22)3)15-26(19-11-7-6-8-12-19)23(27)18-10-9-13-20(14-18)29-4/h9-10,13-14,19,25H,5-8,11-12,15H2,1-4H3. The highest BCUT2D eigenvalue weighted by Gasteiger charge is 2.29. The van der Waals surface area contributed by atoms with Crippen LogP contribution in [0, 0.1) is 13.8 Å². The summed E-state index contributed by atoms with van der Waals surface area (Å²) in [5.41, 5.74) is 3.71. The fraction of sp³-hybridized carbons (Fsp3) is 0.500. The van der Waals surface area contributed by atoms with Gasteiger partial charge in [-0.25, -0.2) is 4.79 Å². The summed E-state index contributed by atoms with van der Waals surface area (Å²) < 4.78 is 10.5. The second kappa shape index (κ2) is 9.83. The van der Waals surface area contributed by atoms with Gasteiger partial charge < -0.3 is 19.4 Å². The van der Waals surface area contributed by atoms with Crippen molar-refractivity contribution < 1.29 is 19.1 Å². The molecule has 0 saturated heterocycles. The summed E-state index contributed by atoms with van der Waals surface area (Å²) in [5, 5.41) is 0. The number of H-pyrrole nitrogens is 1. The summed E-state index contributed by atoms with van der Waals surface area (Å²) in [7, 11) is 1.60. The number of carbonyl (C=O) groups excluding carboxylic acids is 2. The molecule has 1 amide bonds. The SMILES string of the molecule is CCOC(=O)c1c(C)[nH]c(CN(C(=O)c2cccc(OC)c2)C2CCCCC2)c1C. The van der Waals surface area contributed by atoms with E-state index in [2.05, 4.69) is 4.98 Å². The number of benzene rings is 1. The zero-order valence-corrected chi connectivity index (χ0v) is 18.4. The van der Waals surface area contributed by atoms with Crippen molar-refractivity contribution >= 4 is 11.9 Å². The quantitative estimate of drug-likeness (QED) is 0.664. The minimum absolute atomic E-state index is 0.00913. The number of aryl methyl sites for hydroxylation is 1. The van der Waals surface area contributed by atoms with E-state index in [9.17, 15) is 9.59 Å². The molecule has 0 spiro atoms. The van der Waals surface area contributed by atoms with Gasteiger partial charge >= 0.3 is 5.97 Å². The Bertz CT molecular complexity index is 897. The van der Waals surface area contributed by atoms with Crippen molar-refractivity contribution in [2.75, 3.05) is 13.7 Å². The number of hydrogen-bond acceptors (Lipinski definition) is 4. The van der Waals surface area contributed by atoms with E-state index < -0.39 is 0 Å². The second-order valence-electron chi connectivity index (χ2n) is 7.91. The molecule has 6 heteroatoms. The summed E-state index contributed by atoms with van der Waals surface area (Å²) in [4.78, 5) is 31.2. The van der Waals surface area contributed by atoms with E-state index >= 15 is 0 Å². The first kappa shape index (κ1) is 21.9. The predicted octanol–water partition coefficient (Wildman–Crippen LogP) is 4.79. The van der Waals surface area contributed by atoms with Gasteiger partial charge in [0.15, 0.2) is 0 Å². The van der Waals surface area contributed by atoms with Gasteiger partial charge in [0, 0.05) is 23.0 Å². The Labute approximate surface area is 178 Å². The zero-order valence-electron chi connectivity index (χ0n) is 18.4. The molecule has 0 bridgehead atoms. The van der Waals surface area contributed by atoms with E-state index in [1.165, 1.54) is 6.42 Å². The maximum atomic E-state index is 13.5. The van der Waals surface area contributed by atoms with E-state index in [1.54, 1.807) is 20.1 Å². The molecule has 0 radical (unpaired) electrons. The van der Waals surface area contributed by atoms with Gasteiger partial charge in [-0.3, -0.25) is 4.79 Å². The van der Waals surface area contributed by atoms with Crippen LogP contribution in [0.1, 0.15) is 76.7 Å². The van der Waals surface area contributed by atoms with Crippen LogP contribution in [-0.4, -0.2) is 41.5 Å². The molecular weight excluding hydrogens is 380 g/mol. The van der Waals surface area contributed by atoms with Crippen LogP contribution in [0.5, 0.6) is 5.75 Å². The number of nitrogens with one attached hydrogen (secondary N) is 1. The lowest BCUT2D eigenvalue weighted by Gasteiger charge is -2.34. The van der Waals surface area contributed by atoms with E-state index in [0.717, 1.165) is 42.6 Å². The largest absolute Gasteiger partial charge is 0.497 e. The third-order valence-corrected chi connectivity index (χ3v) is 5.94. The number of aromatic nitrogens is 1. The third-order valence-electron chi connectivity index (χ3n) is 5.94. The predicted molar refractivity (Wildman–Crippen MR) is 116 cm³/mol. The maximum absolute atomic E-state index is 13.5. The summed E-state index contributed by atoms with van der Waals surface area (Å²) >= 11 is 0. The summed E-state index contributed by atoms with van der Waals surface area (Å²) in [6.07, 6.45) is 5.47. The van der Waals surface area contributed by atoms with Crippen molar-refractivity contribution in [3.8, 4) is 5.75 Å². The Balaban J connectivity index is 1.93. The number of carbonyl (C=O) groups is 2. The van der Waals surface area contributed by atoms with Gasteiger partial charge in [-0.1, -0.05) is 25.3 Å². The Morgan fingerprint density at radius 1 is 1.17 bits per heavy atom. The molecule has 1 heterocycles. The van der Waals surface area contributed by atoms with Crippen molar-refractivity contribution in [3.63, 3.8) is 0 Å². The molecular formula is C24H32N2O4. The van der Waals surface area contributed by atoms with Gasteiger partial charge in [-0.05, 0) is 57.4 Å². The first-order valence-electron chi connectivity index (χ1n) is 10.8. The van der Waals surface area contributed by atoms with Gasteiger partial charge in [0.25, 0.3) is 5.91 Å². The van der Waals surface area contributed by atoms with Crippen LogP contribution in [0.25, 0.3) is 0 Å². The van der Waals surface area contributed by atoms with Crippen LogP contribution in [0.15, 0.2) is 24.3 Å². The molecule has 162 valence electrons. The Morgan fingerprint density at radius 3 is 2.57 bits per heavy atom. The van der Waals surface area contributed by atoms with Crippen LogP contribution in [0.2, 0.25) is 0 Å². The molecule has 1 saturated carbocycles. The summed E-state index contributed by atoms with van der Waals surface area (Å²) in [6, 6.07) is 7.48. The molecule has 1 aromatic heterocycles. The van der Waals surface area contributed by atoms with Crippen LogP contribution in [-0.2, 0) is 11.3 Å². The second-order valence-corrected chi connectivity index (χ2v) is 7.91. The number of aromatic amines is 1. The highest BCUT2D eigenvalue weighted by atomic mass is 16.5. The lowest BCUT2D eigenvalue weighted by atomic mass is 9.93. The minimum Gasteiger partial charge on any atom is -0.497 e. The smallest absolute Gasteiger partial charge is 0.340 e. The number of esters is 1. The molecule has 3 rings (SSSR count). The van der Waals surface area contributed by atoms with Gasteiger partial charge in [0.1, 0.15) is 5.75 Å². The minimum atomic E-state index is -0.321. The highest BCUT2D eigenvalue weighted by molar-refractivity contribution is 5.95. The fourth-order valence-corrected chi connectivity index (χ4v) is 4.33. The number of ether oxygens (including phenoxy) is 2. The topological polar surface area (TPSA) is 71.6 Å². The Hall–Kier alpha value is -2.76. The lowest BCUT2D eigenvalue weighted by Crippen LogP contribution is -2.41. The van der Waals surface area contributed by atoms with Crippen molar-refractivity contribution in [2.24, 2.45) is 0 Å². The fourth-order valence-electron chi connectivity index (χ4n) is 4.33. The van der Waals surface area contributed by atoms with E-state index in [1.807, 2.05) is 36.9 Å². The molecule has 0 atom stereocenters. The van der Waals surface area contributed by atoms with Gasteiger partial charge in [0.2, 0.25) is 0 Å². The first-order valence-corrected chi connectivity index (χ1v) is 10.8. The third kappa shape index (κ3) is 4.69. The van der Waals surface area contributed by atoms with Crippen molar-refractivity contribution in [3.05, 3.63) is 52.3 Å². The molecule has 1 aromatic carbocycles. The summed E-state index contributed by atoms with van der Waals surface area (Å²) in [6.45, 7) is 6.36. The number of rotatable bonds is 7. The molecule has 0 unspecified atom stereocenters. The number of hydrogen-bond donors (Lipinski definition) is 1. The highest BCUT2D eigenvalue weighted by Crippen LogP contribution is 2.28. The van der Waals surface area contributed by atoms with Crippen LogP contribution in [0.4, 0.5) is 0 Å². The monoisotopic (exact) mass is 412 g/mol. The zero-order chi connectivity index (χ0) is 21.7. The van der Waals surface area contributed by atoms with Crippen LogP contribution >= 0.6 is 0 Å². The Morgan fingerprint density at radius 2 is 1.90 bits per heavy atom. The van der Waals surface area contributed by atoms with Crippen molar-refractivity contribution in [1.29, 1.82) is 0 Å². The van der Waals surface area contributed by atoms with Crippen LogP contribution in [0.3, 0.4) is 0 Å². The molecule has 0 aliphatic heterocycles. The van der Waals surface area contributed by atoms with Crippen LogP contribution < -0.4 is 4.74 Å². The average molecular weight is 413 g/mol. The van der Waals surface area contributed by atoms with E-state index in [4.69, 9.17) is 9.47 Å². The first-order chi connectivity index (χ1) is 14.5. The molecule has 1 N–H and O–H groups in total.